The topological polar surface area (TPSA) is 33.7 Å². The maximum absolute atomic E-state index is 5.64. The monoisotopic (exact) mass is 256 g/mol. The quantitative estimate of drug-likeness (QED) is 0.688. The van der Waals surface area contributed by atoms with Crippen LogP contribution < -0.4 is 5.32 Å². The number of methoxy groups -OCH3 is 1. The Morgan fingerprint density at radius 2 is 2.28 bits per heavy atom. The van der Waals surface area contributed by atoms with Gasteiger partial charge in [-0.05, 0) is 37.3 Å². The van der Waals surface area contributed by atoms with E-state index in [-0.39, 0.29) is 0 Å². The van der Waals surface area contributed by atoms with Crippen LogP contribution in [0.4, 0.5) is 0 Å². The molecule has 4 nitrogen and oxygen atoms in total. The molecule has 1 N–H and O–H groups in total. The van der Waals surface area contributed by atoms with E-state index >= 15 is 0 Å². The van der Waals surface area contributed by atoms with Crippen molar-refractivity contribution in [3.8, 4) is 0 Å². The maximum Gasteiger partial charge on any atom is 0.0700 e. The standard InChI is InChI=1S/C14H28N2O2/c1-14(4-5-15-11-14)12-16-6-3-13(9-16)10-18-8-7-17-2/h13,15H,3-12H2,1-2H3. The first kappa shape index (κ1) is 14.3. The first-order valence-electron chi connectivity index (χ1n) is 7.22. The number of ether oxygens (including phenoxy) is 2. The van der Waals surface area contributed by atoms with Gasteiger partial charge in [0, 0.05) is 26.7 Å². The third-order valence-corrected chi connectivity index (χ3v) is 4.22. The number of nitrogens with zero attached hydrogens (tertiary/aromatic N) is 1. The molecule has 2 saturated heterocycles. The van der Waals surface area contributed by atoms with Gasteiger partial charge in [-0.1, -0.05) is 6.92 Å². The molecule has 0 aliphatic carbocycles. The molecule has 2 unspecified atom stereocenters. The summed E-state index contributed by atoms with van der Waals surface area (Å²) in [5, 5.41) is 3.48. The highest BCUT2D eigenvalue weighted by Crippen LogP contribution is 2.28. The molecular weight excluding hydrogens is 228 g/mol. The van der Waals surface area contributed by atoms with Crippen molar-refractivity contribution in [1.29, 1.82) is 0 Å². The zero-order chi connectivity index (χ0) is 12.8. The minimum absolute atomic E-state index is 0.492. The van der Waals surface area contributed by atoms with Crippen LogP contribution in [0, 0.1) is 11.3 Å². The number of hydrogen-bond donors (Lipinski definition) is 1. The van der Waals surface area contributed by atoms with E-state index in [1.165, 1.54) is 45.6 Å². The number of hydrogen-bond acceptors (Lipinski definition) is 4. The van der Waals surface area contributed by atoms with E-state index in [2.05, 4.69) is 17.1 Å². The zero-order valence-electron chi connectivity index (χ0n) is 11.9. The Morgan fingerprint density at radius 3 is 3.00 bits per heavy atom. The van der Waals surface area contributed by atoms with Gasteiger partial charge in [-0.15, -0.1) is 0 Å². The van der Waals surface area contributed by atoms with Crippen LogP contribution in [-0.4, -0.2) is 64.6 Å². The van der Waals surface area contributed by atoms with Crippen molar-refractivity contribution in [3.05, 3.63) is 0 Å². The molecule has 2 aliphatic rings. The second-order valence-electron chi connectivity index (χ2n) is 6.19. The normalized spacial score (nSPS) is 33.3. The molecule has 2 fully saturated rings. The van der Waals surface area contributed by atoms with Crippen LogP contribution in [0.25, 0.3) is 0 Å². The largest absolute Gasteiger partial charge is 0.382 e. The average molecular weight is 256 g/mol. The molecule has 0 amide bonds. The molecule has 2 heterocycles. The molecule has 0 radical (unpaired) electrons. The lowest BCUT2D eigenvalue weighted by molar-refractivity contribution is 0.0518. The Hall–Kier alpha value is -0.160. The lowest BCUT2D eigenvalue weighted by atomic mass is 9.89. The van der Waals surface area contributed by atoms with Crippen molar-refractivity contribution in [2.24, 2.45) is 11.3 Å². The van der Waals surface area contributed by atoms with Crippen molar-refractivity contribution >= 4 is 0 Å². The van der Waals surface area contributed by atoms with E-state index < -0.39 is 0 Å². The highest BCUT2D eigenvalue weighted by molar-refractivity contribution is 4.88. The smallest absolute Gasteiger partial charge is 0.0700 e. The zero-order valence-corrected chi connectivity index (χ0v) is 11.9. The van der Waals surface area contributed by atoms with Gasteiger partial charge in [-0.3, -0.25) is 0 Å². The van der Waals surface area contributed by atoms with Crippen LogP contribution in [-0.2, 0) is 9.47 Å². The molecule has 0 bridgehead atoms. The number of rotatable bonds is 7. The molecule has 4 heteroatoms. The highest BCUT2D eigenvalue weighted by Gasteiger charge is 2.33. The van der Waals surface area contributed by atoms with Gasteiger partial charge < -0.3 is 19.7 Å². The van der Waals surface area contributed by atoms with Gasteiger partial charge in [0.15, 0.2) is 0 Å². The molecule has 0 spiro atoms. The number of likely N-dealkylation sites (tertiary alicyclic amines) is 1. The summed E-state index contributed by atoms with van der Waals surface area (Å²) < 4.78 is 10.6. The SMILES string of the molecule is COCCOCC1CCN(CC2(C)CCNC2)C1. The van der Waals surface area contributed by atoms with E-state index in [0.717, 1.165) is 19.1 Å². The van der Waals surface area contributed by atoms with E-state index in [9.17, 15) is 0 Å². The van der Waals surface area contributed by atoms with E-state index in [0.29, 0.717) is 12.0 Å². The molecule has 0 saturated carbocycles. The van der Waals surface area contributed by atoms with Crippen molar-refractivity contribution in [3.63, 3.8) is 0 Å². The van der Waals surface area contributed by atoms with Crippen molar-refractivity contribution in [2.75, 3.05) is 59.7 Å². The Balaban J connectivity index is 1.62. The summed E-state index contributed by atoms with van der Waals surface area (Å²) in [6.45, 7) is 10.8. The fraction of sp³-hybridized carbons (Fsp3) is 1.00. The van der Waals surface area contributed by atoms with E-state index in [1.807, 2.05) is 0 Å². The summed E-state index contributed by atoms with van der Waals surface area (Å²) >= 11 is 0. The second kappa shape index (κ2) is 6.85. The van der Waals surface area contributed by atoms with Gasteiger partial charge in [0.1, 0.15) is 0 Å². The van der Waals surface area contributed by atoms with Crippen LogP contribution in [0.15, 0.2) is 0 Å². The fourth-order valence-electron chi connectivity index (χ4n) is 3.13. The summed E-state index contributed by atoms with van der Waals surface area (Å²) in [7, 11) is 1.72. The first-order valence-corrected chi connectivity index (χ1v) is 7.22. The lowest BCUT2D eigenvalue weighted by Crippen LogP contribution is -2.36. The molecule has 2 aliphatic heterocycles. The highest BCUT2D eigenvalue weighted by atomic mass is 16.5. The van der Waals surface area contributed by atoms with Gasteiger partial charge in [0.2, 0.25) is 0 Å². The van der Waals surface area contributed by atoms with Crippen LogP contribution >= 0.6 is 0 Å². The number of nitrogens with one attached hydrogen (secondary N) is 1. The van der Waals surface area contributed by atoms with Gasteiger partial charge in [0.05, 0.1) is 19.8 Å². The minimum Gasteiger partial charge on any atom is -0.382 e. The third kappa shape index (κ3) is 4.19. The summed E-state index contributed by atoms with van der Waals surface area (Å²) in [6.07, 6.45) is 2.61. The van der Waals surface area contributed by atoms with Gasteiger partial charge in [0.25, 0.3) is 0 Å². The van der Waals surface area contributed by atoms with E-state index in [4.69, 9.17) is 9.47 Å². The average Bonchev–Trinajstić information content (AvgIpc) is 2.95. The van der Waals surface area contributed by atoms with Crippen LogP contribution in [0.5, 0.6) is 0 Å². The fourth-order valence-corrected chi connectivity index (χ4v) is 3.13. The van der Waals surface area contributed by atoms with Crippen molar-refractivity contribution in [1.82, 2.24) is 10.2 Å². The molecule has 0 aromatic heterocycles. The predicted octanol–water partition coefficient (Wildman–Crippen LogP) is 0.971. The molecule has 2 atom stereocenters. The summed E-state index contributed by atoms with van der Waals surface area (Å²) in [5.74, 6) is 0.722. The Kier molecular flexibility index (Phi) is 5.42. The summed E-state index contributed by atoms with van der Waals surface area (Å²) in [6, 6.07) is 0. The van der Waals surface area contributed by atoms with Crippen LogP contribution in [0.3, 0.4) is 0 Å². The second-order valence-corrected chi connectivity index (χ2v) is 6.19. The summed E-state index contributed by atoms with van der Waals surface area (Å²) in [5.41, 5.74) is 0.492. The molecular formula is C14H28N2O2. The molecule has 0 aromatic carbocycles. The van der Waals surface area contributed by atoms with Gasteiger partial charge in [-0.25, -0.2) is 0 Å². The van der Waals surface area contributed by atoms with Crippen LogP contribution in [0.2, 0.25) is 0 Å². The summed E-state index contributed by atoms with van der Waals surface area (Å²) in [4.78, 5) is 2.62. The molecule has 18 heavy (non-hydrogen) atoms. The van der Waals surface area contributed by atoms with Gasteiger partial charge in [-0.2, -0.15) is 0 Å². The van der Waals surface area contributed by atoms with Gasteiger partial charge >= 0.3 is 0 Å². The third-order valence-electron chi connectivity index (χ3n) is 4.22. The van der Waals surface area contributed by atoms with Crippen LogP contribution in [0.1, 0.15) is 19.8 Å². The Labute approximate surface area is 111 Å². The molecule has 106 valence electrons. The first-order chi connectivity index (χ1) is 8.72. The molecule has 0 aromatic rings. The Morgan fingerprint density at radius 1 is 1.39 bits per heavy atom. The van der Waals surface area contributed by atoms with Crippen molar-refractivity contribution < 1.29 is 9.47 Å². The van der Waals surface area contributed by atoms with E-state index in [1.54, 1.807) is 7.11 Å². The maximum atomic E-state index is 5.64. The Bertz CT molecular complexity index is 242. The molecule has 2 rings (SSSR count). The minimum atomic E-state index is 0.492. The predicted molar refractivity (Wildman–Crippen MR) is 72.8 cm³/mol. The van der Waals surface area contributed by atoms with Crippen molar-refractivity contribution in [2.45, 2.75) is 19.8 Å². The lowest BCUT2D eigenvalue weighted by Gasteiger charge is -2.29.